The molecule has 0 bridgehead atoms. The normalized spacial score (nSPS) is 16.1. The lowest BCUT2D eigenvalue weighted by atomic mass is 9.91. The van der Waals surface area contributed by atoms with Gasteiger partial charge >= 0.3 is 0 Å². The van der Waals surface area contributed by atoms with Crippen molar-refractivity contribution in [2.24, 2.45) is 5.92 Å². The molecule has 0 saturated heterocycles. The molecule has 1 N–H and O–H groups in total. The number of pyridine rings is 1. The van der Waals surface area contributed by atoms with Gasteiger partial charge in [-0.05, 0) is 48.6 Å². The molecule has 1 fully saturated rings. The molecule has 0 spiro atoms. The molecule has 1 atom stereocenters. The van der Waals surface area contributed by atoms with Gasteiger partial charge < -0.3 is 5.32 Å². The Hall–Kier alpha value is -2.04. The number of hydrogen-bond acceptors (Lipinski definition) is 2. The molecule has 1 aliphatic rings. The molecule has 3 aromatic rings. The number of halogens is 2. The summed E-state index contributed by atoms with van der Waals surface area (Å²) in [5.41, 5.74) is 2.22. The Morgan fingerprint density at radius 3 is 2.73 bits per heavy atom. The van der Waals surface area contributed by atoms with Crippen LogP contribution in [0.15, 0.2) is 48.8 Å². The molecule has 1 aliphatic carbocycles. The van der Waals surface area contributed by atoms with E-state index < -0.39 is 0 Å². The van der Waals surface area contributed by atoms with Crippen molar-refractivity contribution in [2.75, 3.05) is 0 Å². The molecule has 1 aromatic carbocycles. The highest BCUT2D eigenvalue weighted by molar-refractivity contribution is 6.30. The van der Waals surface area contributed by atoms with E-state index >= 15 is 0 Å². The van der Waals surface area contributed by atoms with Gasteiger partial charge in [-0.15, -0.1) is 0 Å². The number of rotatable bonds is 4. The maximum Gasteiger partial charge on any atom is 0.270 e. The van der Waals surface area contributed by atoms with Gasteiger partial charge in [0, 0.05) is 11.2 Å². The molecule has 0 aliphatic heterocycles. The second-order valence-corrected chi connectivity index (χ2v) is 7.64. The SMILES string of the molecule is O=C(NC(c1cccc(Cl)c1)C1CCCC1)c1cnc2ccc(Cl)cn12. The van der Waals surface area contributed by atoms with Crippen LogP contribution < -0.4 is 5.32 Å². The van der Waals surface area contributed by atoms with E-state index in [0.717, 1.165) is 18.4 Å². The molecule has 2 heterocycles. The van der Waals surface area contributed by atoms with Crippen molar-refractivity contribution >= 4 is 34.8 Å². The first kappa shape index (κ1) is 17.4. The quantitative estimate of drug-likeness (QED) is 0.659. The summed E-state index contributed by atoms with van der Waals surface area (Å²) in [6.45, 7) is 0. The fraction of sp³-hybridized carbons (Fsp3) is 0.300. The predicted octanol–water partition coefficient (Wildman–Crippen LogP) is 5.30. The summed E-state index contributed by atoms with van der Waals surface area (Å²) >= 11 is 12.3. The number of hydrogen-bond donors (Lipinski definition) is 1. The smallest absolute Gasteiger partial charge is 0.270 e. The first-order valence-corrected chi connectivity index (χ1v) is 9.56. The number of fused-ring (bicyclic) bond motifs is 1. The van der Waals surface area contributed by atoms with Crippen LogP contribution in [0.1, 0.15) is 47.8 Å². The molecule has 0 radical (unpaired) electrons. The van der Waals surface area contributed by atoms with Gasteiger partial charge in [-0.3, -0.25) is 9.20 Å². The summed E-state index contributed by atoms with van der Waals surface area (Å²) in [5, 5.41) is 4.46. The third kappa shape index (κ3) is 3.44. The number of nitrogens with one attached hydrogen (secondary N) is 1. The highest BCUT2D eigenvalue weighted by Crippen LogP contribution is 2.36. The second-order valence-electron chi connectivity index (χ2n) is 6.77. The Morgan fingerprint density at radius 2 is 1.96 bits per heavy atom. The maximum atomic E-state index is 13.0. The highest BCUT2D eigenvalue weighted by atomic mass is 35.5. The lowest BCUT2D eigenvalue weighted by Crippen LogP contribution is -2.33. The molecule has 1 saturated carbocycles. The topological polar surface area (TPSA) is 46.4 Å². The average Bonchev–Trinajstić information content (AvgIpc) is 3.29. The highest BCUT2D eigenvalue weighted by Gasteiger charge is 2.29. The summed E-state index contributed by atoms with van der Waals surface area (Å²) in [4.78, 5) is 17.3. The van der Waals surface area contributed by atoms with Crippen molar-refractivity contribution in [1.29, 1.82) is 0 Å². The van der Waals surface area contributed by atoms with E-state index in [2.05, 4.69) is 10.3 Å². The van der Waals surface area contributed by atoms with Gasteiger partial charge in [0.15, 0.2) is 0 Å². The van der Waals surface area contributed by atoms with Gasteiger partial charge in [0.1, 0.15) is 11.3 Å². The lowest BCUT2D eigenvalue weighted by Gasteiger charge is -2.25. The Kier molecular flexibility index (Phi) is 4.88. The van der Waals surface area contributed by atoms with Crippen molar-refractivity contribution in [3.63, 3.8) is 0 Å². The first-order chi connectivity index (χ1) is 12.6. The zero-order valence-corrected chi connectivity index (χ0v) is 15.7. The monoisotopic (exact) mass is 387 g/mol. The van der Waals surface area contributed by atoms with Crippen molar-refractivity contribution < 1.29 is 4.79 Å². The minimum Gasteiger partial charge on any atom is -0.344 e. The molecule has 134 valence electrons. The summed E-state index contributed by atoms with van der Waals surface area (Å²) in [5.74, 6) is 0.261. The molecular weight excluding hydrogens is 369 g/mol. The van der Waals surface area contributed by atoms with E-state index in [0.29, 0.717) is 27.3 Å². The second kappa shape index (κ2) is 7.29. The average molecular weight is 388 g/mol. The Bertz CT molecular complexity index is 947. The van der Waals surface area contributed by atoms with E-state index in [1.165, 1.54) is 12.8 Å². The molecular formula is C20H19Cl2N3O. The van der Waals surface area contributed by atoms with Crippen LogP contribution in [-0.4, -0.2) is 15.3 Å². The van der Waals surface area contributed by atoms with Crippen LogP contribution in [-0.2, 0) is 0 Å². The van der Waals surface area contributed by atoms with E-state index in [9.17, 15) is 4.79 Å². The molecule has 2 aromatic heterocycles. The van der Waals surface area contributed by atoms with Crippen molar-refractivity contribution in [3.8, 4) is 0 Å². The molecule has 4 rings (SSSR count). The number of benzene rings is 1. The van der Waals surface area contributed by atoms with Gasteiger partial charge in [-0.1, -0.05) is 48.2 Å². The number of nitrogens with zero attached hydrogens (tertiary/aromatic N) is 2. The fourth-order valence-electron chi connectivity index (χ4n) is 3.80. The largest absolute Gasteiger partial charge is 0.344 e. The number of imidazole rings is 1. The molecule has 6 heteroatoms. The first-order valence-electron chi connectivity index (χ1n) is 8.81. The zero-order chi connectivity index (χ0) is 18.1. The van der Waals surface area contributed by atoms with Crippen LogP contribution in [0.25, 0.3) is 5.65 Å². The number of amides is 1. The summed E-state index contributed by atoms with van der Waals surface area (Å²) in [6.07, 6.45) is 7.91. The van der Waals surface area contributed by atoms with E-state index in [1.807, 2.05) is 24.3 Å². The fourth-order valence-corrected chi connectivity index (χ4v) is 4.16. The number of aromatic nitrogens is 2. The van der Waals surface area contributed by atoms with Crippen LogP contribution in [0.5, 0.6) is 0 Å². The van der Waals surface area contributed by atoms with Crippen LogP contribution >= 0.6 is 23.2 Å². The lowest BCUT2D eigenvalue weighted by molar-refractivity contribution is 0.0916. The minimum absolute atomic E-state index is 0.0616. The van der Waals surface area contributed by atoms with Crippen molar-refractivity contribution in [3.05, 3.63) is 70.1 Å². The van der Waals surface area contributed by atoms with E-state index in [-0.39, 0.29) is 11.9 Å². The van der Waals surface area contributed by atoms with Gasteiger partial charge in [0.05, 0.1) is 17.3 Å². The van der Waals surface area contributed by atoms with E-state index in [4.69, 9.17) is 23.2 Å². The molecule has 4 nitrogen and oxygen atoms in total. The van der Waals surface area contributed by atoms with Crippen LogP contribution in [0, 0.1) is 5.92 Å². The predicted molar refractivity (Wildman–Crippen MR) is 104 cm³/mol. The van der Waals surface area contributed by atoms with Crippen LogP contribution in [0.3, 0.4) is 0 Å². The summed E-state index contributed by atoms with van der Waals surface area (Å²) < 4.78 is 1.72. The van der Waals surface area contributed by atoms with Gasteiger partial charge in [-0.25, -0.2) is 4.98 Å². The third-order valence-electron chi connectivity index (χ3n) is 5.07. The number of carbonyl (C=O) groups excluding carboxylic acids is 1. The van der Waals surface area contributed by atoms with Gasteiger partial charge in [0.2, 0.25) is 0 Å². The van der Waals surface area contributed by atoms with E-state index in [1.54, 1.807) is 28.9 Å². The number of carbonyl (C=O) groups is 1. The standard InChI is InChI=1S/C20H19Cl2N3O/c21-15-7-3-6-14(10-15)19(13-4-1-2-5-13)24-20(26)17-11-23-18-9-8-16(22)12-25(17)18/h3,6-13,19H,1-2,4-5H2,(H,24,26). The molecule has 1 unspecified atom stereocenters. The van der Waals surface area contributed by atoms with Crippen LogP contribution in [0.4, 0.5) is 0 Å². The van der Waals surface area contributed by atoms with Gasteiger partial charge in [0.25, 0.3) is 5.91 Å². The summed E-state index contributed by atoms with van der Waals surface area (Å²) in [7, 11) is 0. The minimum atomic E-state index is -0.156. The van der Waals surface area contributed by atoms with Crippen molar-refractivity contribution in [2.45, 2.75) is 31.7 Å². The maximum absolute atomic E-state index is 13.0. The van der Waals surface area contributed by atoms with Crippen molar-refractivity contribution in [1.82, 2.24) is 14.7 Å². The molecule has 26 heavy (non-hydrogen) atoms. The Labute approximate surface area is 162 Å². The van der Waals surface area contributed by atoms with Gasteiger partial charge in [-0.2, -0.15) is 0 Å². The molecule has 1 amide bonds. The Morgan fingerprint density at radius 1 is 1.15 bits per heavy atom. The Balaban J connectivity index is 1.66. The summed E-state index contributed by atoms with van der Waals surface area (Å²) in [6, 6.07) is 11.2. The third-order valence-corrected chi connectivity index (χ3v) is 5.53. The van der Waals surface area contributed by atoms with Crippen LogP contribution in [0.2, 0.25) is 10.0 Å². The zero-order valence-electron chi connectivity index (χ0n) is 14.2.